The lowest BCUT2D eigenvalue weighted by atomic mass is 9.67. The van der Waals surface area contributed by atoms with Gasteiger partial charge >= 0.3 is 0 Å². The largest absolute Gasteiger partial charge is 0.390 e. The van der Waals surface area contributed by atoms with Crippen LogP contribution in [-0.2, 0) is 0 Å². The topological polar surface area (TPSA) is 32.3 Å². The second-order valence-corrected chi connectivity index (χ2v) is 6.39. The van der Waals surface area contributed by atoms with Crippen molar-refractivity contribution in [3.63, 3.8) is 0 Å². The minimum absolute atomic E-state index is 0.438. The summed E-state index contributed by atoms with van der Waals surface area (Å²) in [4.78, 5) is 0. The van der Waals surface area contributed by atoms with Crippen LogP contribution in [0.1, 0.15) is 58.8 Å². The highest BCUT2D eigenvalue weighted by molar-refractivity contribution is 4.93. The summed E-state index contributed by atoms with van der Waals surface area (Å²) in [6, 6.07) is 0. The molecular formula is C15H29NO. The fourth-order valence-corrected chi connectivity index (χ4v) is 3.84. The molecule has 2 aliphatic rings. The third-order valence-electron chi connectivity index (χ3n) is 5.37. The molecule has 0 amide bonds. The molecule has 0 bridgehead atoms. The summed E-state index contributed by atoms with van der Waals surface area (Å²) in [5.74, 6) is 1.93. The lowest BCUT2D eigenvalue weighted by molar-refractivity contribution is -0.0760. The Morgan fingerprint density at radius 3 is 2.35 bits per heavy atom. The van der Waals surface area contributed by atoms with Crippen LogP contribution in [0.25, 0.3) is 0 Å². The summed E-state index contributed by atoms with van der Waals surface area (Å²) in [5, 5.41) is 14.3. The molecule has 0 aromatic heterocycles. The quantitative estimate of drug-likeness (QED) is 0.793. The summed E-state index contributed by atoms with van der Waals surface area (Å²) in [7, 11) is 0. The van der Waals surface area contributed by atoms with Gasteiger partial charge in [0.1, 0.15) is 0 Å². The van der Waals surface area contributed by atoms with Gasteiger partial charge in [-0.3, -0.25) is 0 Å². The van der Waals surface area contributed by atoms with E-state index in [9.17, 15) is 5.11 Å². The number of nitrogens with one attached hydrogen (secondary N) is 1. The van der Waals surface area contributed by atoms with Crippen molar-refractivity contribution in [1.82, 2.24) is 5.32 Å². The average molecular weight is 239 g/mol. The monoisotopic (exact) mass is 239 g/mol. The maximum Gasteiger partial charge on any atom is 0.0687 e. The van der Waals surface area contributed by atoms with Crippen molar-refractivity contribution in [1.29, 1.82) is 0 Å². The lowest BCUT2D eigenvalue weighted by Crippen LogP contribution is -2.49. The minimum Gasteiger partial charge on any atom is -0.390 e. The van der Waals surface area contributed by atoms with E-state index in [4.69, 9.17) is 0 Å². The highest BCUT2D eigenvalue weighted by atomic mass is 16.3. The van der Waals surface area contributed by atoms with Crippen molar-refractivity contribution in [2.24, 2.45) is 17.8 Å². The Morgan fingerprint density at radius 2 is 1.82 bits per heavy atom. The Balaban J connectivity index is 1.91. The molecule has 1 aliphatic carbocycles. The first-order valence-electron chi connectivity index (χ1n) is 7.57. The highest BCUT2D eigenvalue weighted by Crippen LogP contribution is 2.41. The van der Waals surface area contributed by atoms with Crippen LogP contribution < -0.4 is 5.32 Å². The van der Waals surface area contributed by atoms with Crippen molar-refractivity contribution in [2.75, 3.05) is 13.1 Å². The van der Waals surface area contributed by atoms with Crippen LogP contribution >= 0.6 is 0 Å². The molecule has 0 radical (unpaired) electrons. The van der Waals surface area contributed by atoms with Crippen molar-refractivity contribution in [3.8, 4) is 0 Å². The molecule has 2 rings (SSSR count). The van der Waals surface area contributed by atoms with E-state index in [0.29, 0.717) is 11.8 Å². The van der Waals surface area contributed by atoms with Crippen molar-refractivity contribution in [3.05, 3.63) is 0 Å². The van der Waals surface area contributed by atoms with Crippen LogP contribution in [0.4, 0.5) is 0 Å². The molecule has 17 heavy (non-hydrogen) atoms. The zero-order chi connectivity index (χ0) is 12.3. The van der Waals surface area contributed by atoms with Gasteiger partial charge in [-0.05, 0) is 51.0 Å². The van der Waals surface area contributed by atoms with Gasteiger partial charge in [-0.25, -0.2) is 0 Å². The molecule has 2 nitrogen and oxygen atoms in total. The molecule has 1 saturated carbocycles. The number of hydrogen-bond donors (Lipinski definition) is 2. The van der Waals surface area contributed by atoms with Gasteiger partial charge in [-0.15, -0.1) is 0 Å². The molecule has 1 heterocycles. The van der Waals surface area contributed by atoms with E-state index in [0.717, 1.165) is 19.0 Å². The summed E-state index contributed by atoms with van der Waals surface area (Å²) in [6.07, 6.45) is 8.89. The molecule has 2 fully saturated rings. The molecule has 2 unspecified atom stereocenters. The Bertz CT molecular complexity index is 225. The smallest absolute Gasteiger partial charge is 0.0687 e. The first-order chi connectivity index (χ1) is 8.14. The van der Waals surface area contributed by atoms with Crippen molar-refractivity contribution in [2.45, 2.75) is 64.4 Å². The first kappa shape index (κ1) is 13.4. The summed E-state index contributed by atoms with van der Waals surface area (Å²) in [6.45, 7) is 6.55. The van der Waals surface area contributed by atoms with Gasteiger partial charge in [0.15, 0.2) is 0 Å². The van der Waals surface area contributed by atoms with Crippen LogP contribution in [0.15, 0.2) is 0 Å². The molecule has 1 aliphatic heterocycles. The first-order valence-corrected chi connectivity index (χ1v) is 7.57. The van der Waals surface area contributed by atoms with Crippen LogP contribution in [0.2, 0.25) is 0 Å². The van der Waals surface area contributed by atoms with E-state index < -0.39 is 5.60 Å². The molecule has 2 atom stereocenters. The van der Waals surface area contributed by atoms with Crippen LogP contribution in [0, 0.1) is 17.8 Å². The van der Waals surface area contributed by atoms with Crippen molar-refractivity contribution >= 4 is 0 Å². The molecule has 0 aromatic rings. The molecule has 1 saturated heterocycles. The normalized spacial score (nSPS) is 38.6. The Kier molecular flexibility index (Phi) is 4.48. The van der Waals surface area contributed by atoms with Gasteiger partial charge in [0.2, 0.25) is 0 Å². The Hall–Kier alpha value is -0.0800. The summed E-state index contributed by atoms with van der Waals surface area (Å²) in [5.41, 5.74) is -0.438. The number of hydrogen-bond acceptors (Lipinski definition) is 2. The summed E-state index contributed by atoms with van der Waals surface area (Å²) < 4.78 is 0. The van der Waals surface area contributed by atoms with Crippen LogP contribution in [0.3, 0.4) is 0 Å². The third-order valence-corrected chi connectivity index (χ3v) is 5.37. The van der Waals surface area contributed by atoms with Gasteiger partial charge in [0.25, 0.3) is 0 Å². The second-order valence-electron chi connectivity index (χ2n) is 6.39. The summed E-state index contributed by atoms with van der Waals surface area (Å²) >= 11 is 0. The third kappa shape index (κ3) is 3.03. The van der Waals surface area contributed by atoms with Gasteiger partial charge in [-0.1, -0.05) is 26.2 Å². The van der Waals surface area contributed by atoms with E-state index in [2.05, 4.69) is 19.2 Å². The fraction of sp³-hybridized carbons (Fsp3) is 1.00. The van der Waals surface area contributed by atoms with E-state index in [1.165, 1.54) is 44.9 Å². The van der Waals surface area contributed by atoms with E-state index in [1.807, 2.05) is 0 Å². The zero-order valence-corrected chi connectivity index (χ0v) is 11.5. The lowest BCUT2D eigenvalue weighted by Gasteiger charge is -2.44. The molecular weight excluding hydrogens is 210 g/mol. The van der Waals surface area contributed by atoms with Crippen LogP contribution in [0.5, 0.6) is 0 Å². The van der Waals surface area contributed by atoms with Gasteiger partial charge < -0.3 is 10.4 Å². The molecule has 2 N–H and O–H groups in total. The maximum atomic E-state index is 10.9. The maximum absolute atomic E-state index is 10.9. The van der Waals surface area contributed by atoms with E-state index in [-0.39, 0.29) is 0 Å². The fourth-order valence-electron chi connectivity index (χ4n) is 3.84. The predicted octanol–water partition coefficient (Wildman–Crippen LogP) is 2.95. The van der Waals surface area contributed by atoms with E-state index >= 15 is 0 Å². The standard InChI is InChI=1S/C15H29NO/c1-3-12-6-8-13(9-7-12)15(2,17)14-5-4-10-16-11-14/h12-14,16-17H,3-11H2,1-2H3. The number of piperidine rings is 1. The highest BCUT2D eigenvalue weighted by Gasteiger charge is 2.41. The SMILES string of the molecule is CCC1CCC(C(C)(O)C2CCCNC2)CC1. The molecule has 2 heteroatoms. The Morgan fingerprint density at radius 1 is 1.12 bits per heavy atom. The minimum atomic E-state index is -0.438. The van der Waals surface area contributed by atoms with Crippen molar-refractivity contribution < 1.29 is 5.11 Å². The average Bonchev–Trinajstić information content (AvgIpc) is 2.40. The van der Waals surface area contributed by atoms with Gasteiger partial charge in [-0.2, -0.15) is 0 Å². The van der Waals surface area contributed by atoms with E-state index in [1.54, 1.807) is 0 Å². The molecule has 100 valence electrons. The number of rotatable bonds is 3. The van der Waals surface area contributed by atoms with Gasteiger partial charge in [0.05, 0.1) is 5.60 Å². The molecule has 0 aromatic carbocycles. The molecule has 0 spiro atoms. The number of aliphatic hydroxyl groups is 1. The van der Waals surface area contributed by atoms with Crippen LogP contribution in [-0.4, -0.2) is 23.8 Å². The zero-order valence-electron chi connectivity index (χ0n) is 11.5. The van der Waals surface area contributed by atoms with Gasteiger partial charge in [0, 0.05) is 12.5 Å². The second kappa shape index (κ2) is 5.71. The predicted molar refractivity (Wildman–Crippen MR) is 72.0 cm³/mol. The Labute approximate surface area is 106 Å².